The second-order valence-electron chi connectivity index (χ2n) is 14.4. The van der Waals surface area contributed by atoms with Crippen LogP contribution in [-0.4, -0.2) is 86.5 Å². The lowest BCUT2D eigenvalue weighted by Crippen LogP contribution is -2.53. The predicted octanol–water partition coefficient (Wildman–Crippen LogP) is 4.59. The zero-order chi connectivity index (χ0) is 32.7. The minimum atomic E-state index is -0.953. The van der Waals surface area contributed by atoms with E-state index in [1.165, 1.54) is 4.88 Å². The number of thiophene rings is 1. The minimum Gasteiger partial charge on any atom is -0.389 e. The number of likely N-dealkylation sites (N-methyl/N-ethyl adjacent to an activating group) is 1. The number of aromatic nitrogens is 5. The molecule has 4 aromatic heterocycles. The molecule has 0 saturated carbocycles. The van der Waals surface area contributed by atoms with Gasteiger partial charge in [0.25, 0.3) is 0 Å². The third kappa shape index (κ3) is 4.78. The van der Waals surface area contributed by atoms with Gasteiger partial charge in [-0.25, -0.2) is 14.6 Å². The highest BCUT2D eigenvalue weighted by atomic mass is 32.1. The molecule has 5 unspecified atom stereocenters. The van der Waals surface area contributed by atoms with Crippen LogP contribution < -0.4 is 10.6 Å². The van der Waals surface area contributed by atoms with Crippen molar-refractivity contribution in [2.45, 2.75) is 101 Å². The van der Waals surface area contributed by atoms with Gasteiger partial charge in [0.1, 0.15) is 16.9 Å². The summed E-state index contributed by atoms with van der Waals surface area (Å²) in [5.74, 6) is 2.03. The van der Waals surface area contributed by atoms with Crippen LogP contribution in [0.5, 0.6) is 0 Å². The Morgan fingerprint density at radius 3 is 2.79 bits per heavy atom. The van der Waals surface area contributed by atoms with Gasteiger partial charge in [-0.3, -0.25) is 0 Å². The van der Waals surface area contributed by atoms with Gasteiger partial charge in [-0.2, -0.15) is 10.4 Å². The van der Waals surface area contributed by atoms with Crippen LogP contribution in [0.4, 0.5) is 10.8 Å². The summed E-state index contributed by atoms with van der Waals surface area (Å²) in [7, 11) is 3.87. The van der Waals surface area contributed by atoms with Crippen molar-refractivity contribution < 1.29 is 14.4 Å². The number of nitriles is 1. The standard InChI is InChI=1S/C34H43N9O3S/c1-19(24-9-7-13-41(24)3)43-32-23(16-37-43)31(42-17-20(45-4)14-33(2,44)18-42)38-30(39-32)27-21-8-5-11-34(28(21)46-40-27)12-6-10-25-26(34)22(15-35)29(36)47-25/h16,19-20,24,44H,5-14,17-18,36H2,1-4H3. The normalized spacial score (nSPS) is 28.5. The number of hydrogen-bond donors (Lipinski definition) is 2. The van der Waals surface area contributed by atoms with Gasteiger partial charge in [0, 0.05) is 43.1 Å². The molecule has 13 heteroatoms. The van der Waals surface area contributed by atoms with Gasteiger partial charge in [-0.05, 0) is 84.4 Å². The SMILES string of the molecule is COC1CN(c2nc(-c3noc4c3CCCC43CCCc4sc(N)c(C#N)c43)nc3c2cnn3C(C)C2CCCN2C)CC(C)(O)C1. The van der Waals surface area contributed by atoms with E-state index in [1.54, 1.807) is 18.4 Å². The number of hydrogen-bond acceptors (Lipinski definition) is 12. The Labute approximate surface area is 278 Å². The Bertz CT molecular complexity index is 1880. The number of nitrogens with zero attached hydrogens (tertiary/aromatic N) is 8. The zero-order valence-corrected chi connectivity index (χ0v) is 28.4. The van der Waals surface area contributed by atoms with Gasteiger partial charge in [0.15, 0.2) is 22.9 Å². The highest BCUT2D eigenvalue weighted by Crippen LogP contribution is 2.55. The third-order valence-electron chi connectivity index (χ3n) is 11.3. The first kappa shape index (κ1) is 30.7. The fraction of sp³-hybridized carbons (Fsp3) is 0.618. The van der Waals surface area contributed by atoms with Crippen molar-refractivity contribution in [1.29, 1.82) is 5.26 Å². The molecule has 5 atom stereocenters. The number of rotatable bonds is 5. The molecule has 248 valence electrons. The molecule has 4 aromatic rings. The van der Waals surface area contributed by atoms with Crippen LogP contribution in [0.25, 0.3) is 22.6 Å². The molecule has 2 saturated heterocycles. The zero-order valence-electron chi connectivity index (χ0n) is 27.6. The number of fused-ring (bicyclic) bond motifs is 5. The fourth-order valence-electron chi connectivity index (χ4n) is 9.14. The Morgan fingerprint density at radius 1 is 1.23 bits per heavy atom. The van der Waals surface area contributed by atoms with Crippen molar-refractivity contribution in [2.24, 2.45) is 0 Å². The fourth-order valence-corrected chi connectivity index (χ4v) is 10.3. The smallest absolute Gasteiger partial charge is 0.186 e. The number of ether oxygens (including phenoxy) is 1. The molecule has 6 heterocycles. The highest BCUT2D eigenvalue weighted by molar-refractivity contribution is 7.16. The summed E-state index contributed by atoms with van der Waals surface area (Å²) >= 11 is 1.54. The van der Waals surface area contributed by atoms with Crippen molar-refractivity contribution in [3.8, 4) is 17.6 Å². The average Bonchev–Trinajstić information content (AvgIpc) is 3.84. The number of likely N-dealkylation sites (tertiary alicyclic amines) is 1. The molecule has 4 aliphatic rings. The van der Waals surface area contributed by atoms with E-state index in [0.29, 0.717) is 53.5 Å². The van der Waals surface area contributed by atoms with Crippen molar-refractivity contribution in [3.63, 3.8) is 0 Å². The molecule has 47 heavy (non-hydrogen) atoms. The maximum Gasteiger partial charge on any atom is 0.186 e. The van der Waals surface area contributed by atoms with E-state index in [1.807, 2.05) is 17.8 Å². The first-order valence-corrected chi connectivity index (χ1v) is 17.7. The predicted molar refractivity (Wildman–Crippen MR) is 180 cm³/mol. The largest absolute Gasteiger partial charge is 0.389 e. The molecule has 8 rings (SSSR count). The van der Waals surface area contributed by atoms with E-state index in [2.05, 4.69) is 29.8 Å². The molecule has 0 aromatic carbocycles. The van der Waals surface area contributed by atoms with E-state index in [9.17, 15) is 10.4 Å². The third-order valence-corrected chi connectivity index (χ3v) is 12.4. The van der Waals surface area contributed by atoms with Crippen LogP contribution in [0.1, 0.15) is 92.2 Å². The Morgan fingerprint density at radius 2 is 2.04 bits per heavy atom. The van der Waals surface area contributed by atoms with Gasteiger partial charge in [-0.1, -0.05) is 5.16 Å². The van der Waals surface area contributed by atoms with Gasteiger partial charge < -0.3 is 29.9 Å². The number of anilines is 2. The molecule has 0 bridgehead atoms. The lowest BCUT2D eigenvalue weighted by atomic mass is 9.63. The van der Waals surface area contributed by atoms with Gasteiger partial charge in [0.05, 0.1) is 40.3 Å². The first-order chi connectivity index (χ1) is 22.6. The summed E-state index contributed by atoms with van der Waals surface area (Å²) in [6.07, 6.45) is 9.95. The second-order valence-corrected chi connectivity index (χ2v) is 15.6. The molecule has 2 aliphatic heterocycles. The molecular weight excluding hydrogens is 615 g/mol. The lowest BCUT2D eigenvalue weighted by Gasteiger charge is -2.41. The topological polar surface area (TPSA) is 155 Å². The Hall–Kier alpha value is -3.57. The number of aryl methyl sites for hydroxylation is 1. The molecule has 0 amide bonds. The van der Waals surface area contributed by atoms with Crippen LogP contribution in [0.3, 0.4) is 0 Å². The Balaban J connectivity index is 1.30. The van der Waals surface area contributed by atoms with E-state index < -0.39 is 11.0 Å². The van der Waals surface area contributed by atoms with Gasteiger partial charge in [-0.15, -0.1) is 11.3 Å². The molecular formula is C34H43N9O3S. The van der Waals surface area contributed by atoms with Crippen molar-refractivity contribution >= 4 is 33.2 Å². The maximum atomic E-state index is 11.3. The van der Waals surface area contributed by atoms with Crippen molar-refractivity contribution in [2.75, 3.05) is 44.4 Å². The summed E-state index contributed by atoms with van der Waals surface area (Å²) in [6, 6.07) is 2.85. The average molecular weight is 658 g/mol. The van der Waals surface area contributed by atoms with Crippen LogP contribution >= 0.6 is 11.3 Å². The molecule has 3 N–H and O–H groups in total. The minimum absolute atomic E-state index is 0.0930. The molecule has 12 nitrogen and oxygen atoms in total. The summed E-state index contributed by atoms with van der Waals surface area (Å²) < 4.78 is 14.2. The van der Waals surface area contributed by atoms with E-state index >= 15 is 0 Å². The monoisotopic (exact) mass is 657 g/mol. The highest BCUT2D eigenvalue weighted by Gasteiger charge is 2.49. The van der Waals surface area contributed by atoms with Crippen LogP contribution in [0, 0.1) is 11.3 Å². The molecule has 2 fully saturated rings. The molecule has 0 radical (unpaired) electrons. The number of nitrogen functional groups attached to an aromatic ring is 1. The maximum absolute atomic E-state index is 11.3. The number of aliphatic hydroxyl groups is 1. The summed E-state index contributed by atoms with van der Waals surface area (Å²) in [5.41, 5.74) is 9.04. The van der Waals surface area contributed by atoms with E-state index in [-0.39, 0.29) is 12.1 Å². The van der Waals surface area contributed by atoms with E-state index in [0.717, 1.165) is 85.8 Å². The first-order valence-electron chi connectivity index (χ1n) is 16.9. The Kier molecular flexibility index (Phi) is 7.36. The summed E-state index contributed by atoms with van der Waals surface area (Å²) in [5, 5.41) is 32.5. The van der Waals surface area contributed by atoms with Crippen LogP contribution in [0.15, 0.2) is 10.7 Å². The number of piperidine rings is 1. The van der Waals surface area contributed by atoms with Crippen molar-refractivity contribution in [1.82, 2.24) is 29.8 Å². The summed E-state index contributed by atoms with van der Waals surface area (Å²) in [4.78, 5) is 16.1. The molecule has 2 aliphatic carbocycles. The quantitative estimate of drug-likeness (QED) is 0.310. The van der Waals surface area contributed by atoms with Gasteiger partial charge >= 0.3 is 0 Å². The van der Waals surface area contributed by atoms with Crippen LogP contribution in [-0.2, 0) is 23.0 Å². The van der Waals surface area contributed by atoms with Crippen LogP contribution in [0.2, 0.25) is 0 Å². The van der Waals surface area contributed by atoms with E-state index in [4.69, 9.17) is 35.2 Å². The summed E-state index contributed by atoms with van der Waals surface area (Å²) in [6.45, 7) is 6.13. The van der Waals surface area contributed by atoms with Gasteiger partial charge in [0.2, 0.25) is 0 Å². The number of β-amino-alcohol motifs (C(OH)–C–C–N with tert-alkyl or cyclic N) is 1. The number of methoxy groups -OCH3 is 1. The van der Waals surface area contributed by atoms with Crippen molar-refractivity contribution in [3.05, 3.63) is 33.5 Å². The lowest BCUT2D eigenvalue weighted by molar-refractivity contribution is -0.0248. The second kappa shape index (κ2) is 11.3. The molecule has 1 spiro atoms. The number of nitrogens with two attached hydrogens (primary N) is 1.